The van der Waals surface area contributed by atoms with Gasteiger partial charge in [0.2, 0.25) is 5.91 Å². The average molecular weight is 396 g/mol. The summed E-state index contributed by atoms with van der Waals surface area (Å²) in [4.78, 5) is 14.5. The number of nitrogens with zero attached hydrogens (tertiary/aromatic N) is 4. The number of aryl methyl sites for hydroxylation is 1. The summed E-state index contributed by atoms with van der Waals surface area (Å²) in [6.07, 6.45) is 4.55. The molecule has 0 atom stereocenters. The van der Waals surface area contributed by atoms with Gasteiger partial charge in [-0.1, -0.05) is 18.6 Å². The van der Waals surface area contributed by atoms with Gasteiger partial charge in [-0.05, 0) is 54.4 Å². The van der Waals surface area contributed by atoms with Gasteiger partial charge in [-0.25, -0.2) is 0 Å². The summed E-state index contributed by atoms with van der Waals surface area (Å²) >= 11 is 1.67. The van der Waals surface area contributed by atoms with Crippen LogP contribution < -0.4 is 5.32 Å². The molecule has 1 N–H and O–H groups in total. The lowest BCUT2D eigenvalue weighted by Gasteiger charge is -2.16. The van der Waals surface area contributed by atoms with Gasteiger partial charge in [0.1, 0.15) is 5.82 Å². The lowest BCUT2D eigenvalue weighted by molar-refractivity contribution is -0.117. The minimum absolute atomic E-state index is 0.0186. The van der Waals surface area contributed by atoms with Crippen LogP contribution in [0.3, 0.4) is 0 Å². The number of thiophene rings is 1. The third-order valence-corrected chi connectivity index (χ3v) is 5.69. The molecule has 0 saturated carbocycles. The zero-order valence-electron chi connectivity index (χ0n) is 16.1. The standard InChI is InChI=1S/C21H25N5OS/c1-25(13-16-9-11-28-15-16)14-20(27)22-18-7-5-6-17(12-18)21-24-23-19-8-3-2-4-10-26(19)21/h5-7,9,11-12,15H,2-4,8,10,13-14H2,1H3,(H,22,27). The fraction of sp³-hybridized carbons (Fsp3) is 0.381. The van der Waals surface area contributed by atoms with Crippen molar-refractivity contribution >= 4 is 22.9 Å². The number of nitrogens with one attached hydrogen (secondary N) is 1. The van der Waals surface area contributed by atoms with Crippen LogP contribution in [0.15, 0.2) is 41.1 Å². The summed E-state index contributed by atoms with van der Waals surface area (Å²) in [6, 6.07) is 9.97. The Morgan fingerprint density at radius 2 is 2.18 bits per heavy atom. The highest BCUT2D eigenvalue weighted by molar-refractivity contribution is 7.07. The first-order valence-corrected chi connectivity index (χ1v) is 10.7. The number of carbonyl (C=O) groups is 1. The van der Waals surface area contributed by atoms with E-state index in [9.17, 15) is 4.79 Å². The molecule has 0 fully saturated rings. The Kier molecular flexibility index (Phi) is 5.83. The second-order valence-corrected chi connectivity index (χ2v) is 8.12. The van der Waals surface area contributed by atoms with Crippen molar-refractivity contribution in [2.45, 2.75) is 38.8 Å². The van der Waals surface area contributed by atoms with Crippen LogP contribution in [0.4, 0.5) is 5.69 Å². The lowest BCUT2D eigenvalue weighted by Crippen LogP contribution is -2.29. The monoisotopic (exact) mass is 395 g/mol. The Labute approximate surface area is 169 Å². The topological polar surface area (TPSA) is 63.1 Å². The maximum Gasteiger partial charge on any atom is 0.238 e. The molecule has 0 unspecified atom stereocenters. The number of fused-ring (bicyclic) bond motifs is 1. The third-order valence-electron chi connectivity index (χ3n) is 4.96. The van der Waals surface area contributed by atoms with E-state index in [1.165, 1.54) is 18.4 Å². The van der Waals surface area contributed by atoms with Gasteiger partial charge in [0.25, 0.3) is 0 Å². The molecule has 1 aliphatic rings. The summed E-state index contributed by atoms with van der Waals surface area (Å²) in [5.41, 5.74) is 3.01. The van der Waals surface area contributed by atoms with Crippen LogP contribution in [0.5, 0.6) is 0 Å². The zero-order chi connectivity index (χ0) is 19.3. The molecule has 1 aromatic carbocycles. The van der Waals surface area contributed by atoms with Gasteiger partial charge in [0.15, 0.2) is 5.82 Å². The Balaban J connectivity index is 1.43. The van der Waals surface area contributed by atoms with Gasteiger partial charge in [-0.15, -0.1) is 10.2 Å². The van der Waals surface area contributed by atoms with Crippen LogP contribution >= 0.6 is 11.3 Å². The van der Waals surface area contributed by atoms with Crippen LogP contribution in [0.25, 0.3) is 11.4 Å². The SMILES string of the molecule is CN(CC(=O)Nc1cccc(-c2nnc3n2CCCCC3)c1)Cc1ccsc1. The summed E-state index contributed by atoms with van der Waals surface area (Å²) in [5.74, 6) is 1.94. The van der Waals surface area contributed by atoms with E-state index in [4.69, 9.17) is 0 Å². The first kappa shape index (κ1) is 18.8. The highest BCUT2D eigenvalue weighted by Crippen LogP contribution is 2.24. The number of hydrogen-bond acceptors (Lipinski definition) is 5. The molecule has 7 heteroatoms. The average Bonchev–Trinajstić information content (AvgIpc) is 3.26. The second-order valence-electron chi connectivity index (χ2n) is 7.34. The van der Waals surface area contributed by atoms with E-state index in [1.807, 2.05) is 36.2 Å². The molecular formula is C21H25N5OS. The fourth-order valence-electron chi connectivity index (χ4n) is 3.63. The van der Waals surface area contributed by atoms with Crippen LogP contribution in [0.1, 0.15) is 30.7 Å². The van der Waals surface area contributed by atoms with Crippen molar-refractivity contribution < 1.29 is 4.79 Å². The van der Waals surface area contributed by atoms with E-state index in [-0.39, 0.29) is 5.91 Å². The van der Waals surface area contributed by atoms with Gasteiger partial charge < -0.3 is 9.88 Å². The Bertz CT molecular complexity index is 934. The van der Waals surface area contributed by atoms with Crippen molar-refractivity contribution in [3.63, 3.8) is 0 Å². The minimum Gasteiger partial charge on any atom is -0.325 e. The Hall–Kier alpha value is -2.51. The Morgan fingerprint density at radius 1 is 1.25 bits per heavy atom. The lowest BCUT2D eigenvalue weighted by atomic mass is 10.2. The predicted molar refractivity (Wildman–Crippen MR) is 112 cm³/mol. The molecule has 2 aromatic heterocycles. The number of benzene rings is 1. The largest absolute Gasteiger partial charge is 0.325 e. The molecular weight excluding hydrogens is 370 g/mol. The van der Waals surface area contributed by atoms with Gasteiger partial charge >= 0.3 is 0 Å². The molecule has 3 heterocycles. The number of rotatable bonds is 6. The van der Waals surface area contributed by atoms with E-state index in [0.717, 1.165) is 48.8 Å². The molecule has 0 spiro atoms. The molecule has 0 saturated heterocycles. The molecule has 6 nitrogen and oxygen atoms in total. The van der Waals surface area contributed by atoms with Crippen LogP contribution in [-0.4, -0.2) is 39.2 Å². The Morgan fingerprint density at radius 3 is 3.04 bits per heavy atom. The quantitative estimate of drug-likeness (QED) is 0.689. The van der Waals surface area contributed by atoms with E-state index in [0.29, 0.717) is 6.54 Å². The molecule has 3 aromatic rings. The first-order valence-electron chi connectivity index (χ1n) is 9.71. The number of carbonyl (C=O) groups excluding carboxylic acids is 1. The van der Waals surface area contributed by atoms with Crippen LogP contribution in [0, 0.1) is 0 Å². The van der Waals surface area contributed by atoms with E-state index in [1.54, 1.807) is 11.3 Å². The van der Waals surface area contributed by atoms with E-state index >= 15 is 0 Å². The van der Waals surface area contributed by atoms with Gasteiger partial charge in [0.05, 0.1) is 6.54 Å². The molecule has 0 aliphatic carbocycles. The van der Waals surface area contributed by atoms with Crippen molar-refractivity contribution in [1.82, 2.24) is 19.7 Å². The number of hydrogen-bond donors (Lipinski definition) is 1. The molecule has 146 valence electrons. The zero-order valence-corrected chi connectivity index (χ0v) is 16.9. The molecule has 28 heavy (non-hydrogen) atoms. The summed E-state index contributed by atoms with van der Waals surface area (Å²) in [7, 11) is 1.96. The van der Waals surface area contributed by atoms with Crippen molar-refractivity contribution in [3.8, 4) is 11.4 Å². The number of aromatic nitrogens is 3. The third kappa shape index (κ3) is 4.48. The maximum absolute atomic E-state index is 12.4. The number of likely N-dealkylation sites (N-methyl/N-ethyl adjacent to an activating group) is 1. The summed E-state index contributed by atoms with van der Waals surface area (Å²) in [5, 5.41) is 16.0. The van der Waals surface area contributed by atoms with Crippen LogP contribution in [-0.2, 0) is 24.3 Å². The van der Waals surface area contributed by atoms with Crippen molar-refractivity contribution in [2.75, 3.05) is 18.9 Å². The van der Waals surface area contributed by atoms with Gasteiger partial charge in [0, 0.05) is 30.8 Å². The highest BCUT2D eigenvalue weighted by Gasteiger charge is 2.16. The van der Waals surface area contributed by atoms with Gasteiger partial charge in [-0.2, -0.15) is 11.3 Å². The molecule has 1 amide bonds. The fourth-order valence-corrected chi connectivity index (χ4v) is 4.29. The van der Waals surface area contributed by atoms with Gasteiger partial charge in [-0.3, -0.25) is 9.69 Å². The first-order chi connectivity index (χ1) is 13.7. The molecule has 4 rings (SSSR count). The predicted octanol–water partition coefficient (Wildman–Crippen LogP) is 3.80. The summed E-state index contributed by atoms with van der Waals surface area (Å²) < 4.78 is 2.22. The smallest absolute Gasteiger partial charge is 0.238 e. The molecule has 1 aliphatic heterocycles. The molecule has 0 bridgehead atoms. The minimum atomic E-state index is -0.0186. The number of amides is 1. The number of anilines is 1. The van der Waals surface area contributed by atoms with Crippen molar-refractivity contribution in [3.05, 3.63) is 52.5 Å². The van der Waals surface area contributed by atoms with Crippen molar-refractivity contribution in [1.29, 1.82) is 0 Å². The van der Waals surface area contributed by atoms with E-state index < -0.39 is 0 Å². The molecule has 0 radical (unpaired) electrons. The van der Waals surface area contributed by atoms with E-state index in [2.05, 4.69) is 36.9 Å². The van der Waals surface area contributed by atoms with Crippen molar-refractivity contribution in [2.24, 2.45) is 0 Å². The maximum atomic E-state index is 12.4. The summed E-state index contributed by atoms with van der Waals surface area (Å²) in [6.45, 7) is 2.07. The normalized spacial score (nSPS) is 13.9. The highest BCUT2D eigenvalue weighted by atomic mass is 32.1. The second kappa shape index (κ2) is 8.67. The van der Waals surface area contributed by atoms with Crippen LogP contribution in [0.2, 0.25) is 0 Å².